The highest BCUT2D eigenvalue weighted by Crippen LogP contribution is 2.40. The first-order chi connectivity index (χ1) is 30.0. The number of ether oxygens (including phenoxy) is 1. The van der Waals surface area contributed by atoms with E-state index in [9.17, 15) is 32.8 Å². The number of alkyl halides is 3. The maximum atomic E-state index is 13.8. The summed E-state index contributed by atoms with van der Waals surface area (Å²) in [5, 5.41) is 13.1. The number of likely N-dealkylation sites (tertiary alicyclic amines) is 1. The van der Waals surface area contributed by atoms with E-state index in [0.29, 0.717) is 74.3 Å². The first-order valence-electron chi connectivity index (χ1n) is 21.1. The summed E-state index contributed by atoms with van der Waals surface area (Å²) in [6.45, 7) is 9.71. The number of anilines is 1. The summed E-state index contributed by atoms with van der Waals surface area (Å²) in [5.74, 6) is -0.325. The van der Waals surface area contributed by atoms with Crippen LogP contribution in [0.5, 0.6) is 0 Å². The Hall–Kier alpha value is -4.99. The minimum absolute atomic E-state index is 0.0446. The number of hydrogen-bond donors (Lipinski definition) is 4. The Morgan fingerprint density at radius 3 is 2.56 bits per heavy atom. The number of nitrogens with zero attached hydrogens (tertiary/aromatic N) is 8. The molecule has 7 rings (SSSR count). The van der Waals surface area contributed by atoms with Gasteiger partial charge in [-0.05, 0) is 73.8 Å². The molecule has 2 fully saturated rings. The van der Waals surface area contributed by atoms with Crippen molar-refractivity contribution in [3.63, 3.8) is 0 Å². The predicted octanol–water partition coefficient (Wildman–Crippen LogP) is 5.17. The van der Waals surface area contributed by atoms with Gasteiger partial charge in [0.2, 0.25) is 5.91 Å². The van der Waals surface area contributed by atoms with Gasteiger partial charge in [0.1, 0.15) is 17.6 Å². The number of pyridine rings is 1. The standard InChI is InChI=1S/C42H53ClF3N11O6/c1-23(2)37(53-57(61)62-5)41(60)56-20-24(3)14-34(56)38-49-19-32(51-38)27-8-6-26(7-9-27)29-15-30(43)31(16-35(29)63-42(44,45)46)52-39(58)28-10-11-36(48-17-28)55-13-12-54(21-25(55)4)40(59)33-18-47-22-50-33/h6,10-11,15,17-19,22-25,27,34-35,37-38,53,61H,7-9,12-14,16,20-21H2,1-5H3,(H,47,50)(H,52,58). The number of carbonyl (C=O) groups excluding carboxylic acids is 3. The Labute approximate surface area is 368 Å². The summed E-state index contributed by atoms with van der Waals surface area (Å²) in [7, 11) is 1.27. The molecule has 0 aromatic carbocycles. The molecule has 2 aliphatic carbocycles. The molecule has 0 radical (unpaired) electrons. The molecule has 340 valence electrons. The number of hydrogen-bond acceptors (Lipinski definition) is 13. The van der Waals surface area contributed by atoms with E-state index in [4.69, 9.17) is 26.4 Å². The molecule has 0 spiro atoms. The molecule has 21 heteroatoms. The molecule has 2 saturated heterocycles. The Bertz CT molecular complexity index is 2160. The lowest BCUT2D eigenvalue weighted by molar-refractivity contribution is -0.363. The second-order valence-electron chi connectivity index (χ2n) is 17.0. The van der Waals surface area contributed by atoms with Crippen molar-refractivity contribution in [1.82, 2.24) is 40.8 Å². The second-order valence-corrected chi connectivity index (χ2v) is 17.4. The third kappa shape index (κ3) is 10.7. The van der Waals surface area contributed by atoms with E-state index in [-0.39, 0.29) is 69.9 Å². The summed E-state index contributed by atoms with van der Waals surface area (Å²) in [5.41, 5.74) is 5.09. The van der Waals surface area contributed by atoms with Gasteiger partial charge in [0.25, 0.3) is 11.8 Å². The number of hydrazine groups is 1. The number of allylic oxidation sites excluding steroid dienone is 3. The van der Waals surface area contributed by atoms with Crippen molar-refractivity contribution >= 4 is 47.1 Å². The van der Waals surface area contributed by atoms with Gasteiger partial charge in [0, 0.05) is 68.0 Å². The lowest BCUT2D eigenvalue weighted by Gasteiger charge is -2.40. The number of H-pyrrole nitrogens is 1. The summed E-state index contributed by atoms with van der Waals surface area (Å²) >= 11 is 6.68. The zero-order chi connectivity index (χ0) is 45.2. The van der Waals surface area contributed by atoms with Crippen LogP contribution >= 0.6 is 11.6 Å². The number of halogens is 4. The number of rotatable bonds is 13. The molecule has 2 aromatic heterocycles. The summed E-state index contributed by atoms with van der Waals surface area (Å²) in [6.07, 6.45) is 4.33. The average Bonchev–Trinajstić information content (AvgIpc) is 4.05. The maximum absolute atomic E-state index is 13.8. The van der Waals surface area contributed by atoms with Gasteiger partial charge >= 0.3 is 6.36 Å². The second kappa shape index (κ2) is 19.4. The van der Waals surface area contributed by atoms with Gasteiger partial charge in [-0.2, -0.15) is 5.43 Å². The Morgan fingerprint density at radius 1 is 1.13 bits per heavy atom. The fourth-order valence-electron chi connectivity index (χ4n) is 8.91. The van der Waals surface area contributed by atoms with Gasteiger partial charge in [-0.1, -0.05) is 38.4 Å². The van der Waals surface area contributed by atoms with Gasteiger partial charge < -0.3 is 25.0 Å². The van der Waals surface area contributed by atoms with Gasteiger partial charge in [-0.3, -0.25) is 39.2 Å². The lowest BCUT2D eigenvalue weighted by atomic mass is 9.81. The zero-order valence-electron chi connectivity index (χ0n) is 35.7. The van der Waals surface area contributed by atoms with Crippen LogP contribution < -0.4 is 15.6 Å². The molecule has 3 aliphatic heterocycles. The van der Waals surface area contributed by atoms with E-state index in [0.717, 1.165) is 5.71 Å². The van der Waals surface area contributed by atoms with Crippen LogP contribution in [-0.2, 0) is 14.4 Å². The summed E-state index contributed by atoms with van der Waals surface area (Å²) < 4.78 is 46.2. The topological polar surface area (TPSA) is 193 Å². The fourth-order valence-corrected chi connectivity index (χ4v) is 9.15. The quantitative estimate of drug-likeness (QED) is 0.194. The van der Waals surface area contributed by atoms with Crippen molar-refractivity contribution < 1.29 is 42.3 Å². The molecule has 0 saturated carbocycles. The van der Waals surface area contributed by atoms with E-state index in [1.165, 1.54) is 31.9 Å². The third-order valence-corrected chi connectivity index (χ3v) is 12.5. The number of imidazole rings is 1. The minimum atomic E-state index is -4.96. The van der Waals surface area contributed by atoms with Crippen molar-refractivity contribution in [3.05, 3.63) is 76.1 Å². The van der Waals surface area contributed by atoms with Gasteiger partial charge in [-0.25, -0.2) is 9.97 Å². The van der Waals surface area contributed by atoms with Gasteiger partial charge in [0.05, 0.1) is 48.1 Å². The van der Waals surface area contributed by atoms with Crippen LogP contribution in [0.25, 0.3) is 0 Å². The van der Waals surface area contributed by atoms with E-state index in [2.05, 4.69) is 37.4 Å². The summed E-state index contributed by atoms with van der Waals surface area (Å²) in [4.78, 5) is 71.2. The monoisotopic (exact) mass is 899 g/mol. The lowest BCUT2D eigenvalue weighted by Crippen LogP contribution is -2.56. The molecule has 7 unspecified atom stereocenters. The maximum Gasteiger partial charge on any atom is 0.523 e. The SMILES string of the molecule is CON(O)NC(C(=O)N1CC(C)CC1C1N=CC(C2CC=C(C3=CC(Cl)=C(NC(=O)c4ccc(N5CCN(C(=O)c6cnc[nH]6)CC5C)nc4)CC3OC(F)(F)F)CC2)=N1)C(C)C. The average molecular weight is 900 g/mol. The number of nitrogens with one attached hydrogen (secondary N) is 3. The van der Waals surface area contributed by atoms with Crippen molar-refractivity contribution in [2.45, 2.75) is 96.6 Å². The van der Waals surface area contributed by atoms with Gasteiger partial charge in [-0.15, -0.1) is 13.2 Å². The molecule has 2 aromatic rings. The number of carbonyl (C=O) groups is 3. The molecule has 63 heavy (non-hydrogen) atoms. The largest absolute Gasteiger partial charge is 0.523 e. The fraction of sp³-hybridized carbons (Fsp3) is 0.548. The third-order valence-electron chi connectivity index (χ3n) is 12.2. The van der Waals surface area contributed by atoms with Crippen LogP contribution in [-0.4, -0.2) is 135 Å². The number of aliphatic imine (C=N–C) groups is 2. The van der Waals surface area contributed by atoms with Crippen LogP contribution in [0.4, 0.5) is 19.0 Å². The molecular weight excluding hydrogens is 847 g/mol. The minimum Gasteiger partial charge on any atom is -0.350 e. The molecule has 5 aliphatic rings. The molecular formula is C42H53ClF3N11O6. The van der Waals surface area contributed by atoms with Crippen molar-refractivity contribution in [1.29, 1.82) is 0 Å². The highest BCUT2D eigenvalue weighted by atomic mass is 35.5. The Morgan fingerprint density at radius 2 is 1.92 bits per heavy atom. The predicted molar refractivity (Wildman–Crippen MR) is 226 cm³/mol. The number of piperazine rings is 1. The van der Waals surface area contributed by atoms with Crippen LogP contribution in [0.1, 0.15) is 80.6 Å². The molecule has 3 amide bonds. The molecule has 17 nitrogen and oxygen atoms in total. The van der Waals surface area contributed by atoms with Crippen molar-refractivity contribution in [3.8, 4) is 0 Å². The highest BCUT2D eigenvalue weighted by Gasteiger charge is 2.43. The number of aromatic amines is 1. The normalized spacial score (nSPS) is 26.0. The van der Waals surface area contributed by atoms with Crippen LogP contribution in [0, 0.1) is 17.8 Å². The molecule has 4 N–H and O–H groups in total. The zero-order valence-corrected chi connectivity index (χ0v) is 36.4. The van der Waals surface area contributed by atoms with E-state index >= 15 is 0 Å². The van der Waals surface area contributed by atoms with Gasteiger partial charge in [0.15, 0.2) is 6.17 Å². The van der Waals surface area contributed by atoms with E-state index < -0.39 is 30.6 Å². The van der Waals surface area contributed by atoms with Crippen molar-refractivity contribution in [2.24, 2.45) is 27.7 Å². The molecule has 5 heterocycles. The first-order valence-corrected chi connectivity index (χ1v) is 21.4. The molecule has 7 atom stereocenters. The number of aromatic nitrogens is 3. The Kier molecular flexibility index (Phi) is 14.2. The van der Waals surface area contributed by atoms with Crippen LogP contribution in [0.2, 0.25) is 0 Å². The smallest absolute Gasteiger partial charge is 0.350 e. The van der Waals surface area contributed by atoms with Crippen LogP contribution in [0.3, 0.4) is 0 Å². The molecule has 0 bridgehead atoms. The number of amides is 3. The highest BCUT2D eigenvalue weighted by molar-refractivity contribution is 6.33. The van der Waals surface area contributed by atoms with Crippen molar-refractivity contribution in [2.75, 3.05) is 38.2 Å². The summed E-state index contributed by atoms with van der Waals surface area (Å²) in [6, 6.07) is 2.16. The van der Waals surface area contributed by atoms with Crippen LogP contribution in [0.15, 0.2) is 74.9 Å². The van der Waals surface area contributed by atoms with E-state index in [1.54, 1.807) is 28.1 Å². The first kappa shape index (κ1) is 46.0. The van der Waals surface area contributed by atoms with E-state index in [1.807, 2.05) is 31.7 Å². The Balaban J connectivity index is 0.995.